The first-order chi connectivity index (χ1) is 9.02. The van der Waals surface area contributed by atoms with E-state index in [4.69, 9.17) is 0 Å². The van der Waals surface area contributed by atoms with Gasteiger partial charge in [0.05, 0.1) is 5.60 Å². The lowest BCUT2D eigenvalue weighted by atomic mass is 10.0. The molecule has 1 saturated carbocycles. The van der Waals surface area contributed by atoms with Gasteiger partial charge in [0.25, 0.3) is 0 Å². The number of hydrogen-bond donors (Lipinski definition) is 3. The molecular formula is C14H24N4O. The third-order valence-electron chi connectivity index (χ3n) is 3.65. The number of nitrogens with one attached hydrogen (secondary N) is 2. The minimum absolute atomic E-state index is 0.281. The van der Waals surface area contributed by atoms with Crippen LogP contribution in [0.2, 0.25) is 0 Å². The van der Waals surface area contributed by atoms with Crippen molar-refractivity contribution in [2.75, 3.05) is 24.2 Å². The first kappa shape index (κ1) is 14.1. The predicted octanol–water partition coefficient (Wildman–Crippen LogP) is 2.36. The Morgan fingerprint density at radius 1 is 1.26 bits per heavy atom. The molecular weight excluding hydrogens is 240 g/mol. The van der Waals surface area contributed by atoms with Gasteiger partial charge in [0.15, 0.2) is 0 Å². The van der Waals surface area contributed by atoms with Crippen LogP contribution in [0.4, 0.5) is 11.6 Å². The Morgan fingerprint density at radius 2 is 1.89 bits per heavy atom. The van der Waals surface area contributed by atoms with E-state index in [9.17, 15) is 5.11 Å². The average molecular weight is 264 g/mol. The fourth-order valence-electron chi connectivity index (χ4n) is 2.41. The van der Waals surface area contributed by atoms with E-state index in [1.165, 1.54) is 0 Å². The fraction of sp³-hybridized carbons (Fsp3) is 0.714. The topological polar surface area (TPSA) is 70.1 Å². The highest BCUT2D eigenvalue weighted by Crippen LogP contribution is 2.29. The van der Waals surface area contributed by atoms with Gasteiger partial charge in [0, 0.05) is 25.6 Å². The molecule has 1 aromatic rings. The van der Waals surface area contributed by atoms with Gasteiger partial charge < -0.3 is 15.7 Å². The lowest BCUT2D eigenvalue weighted by molar-refractivity contribution is 0.0614. The Bertz CT molecular complexity index is 427. The van der Waals surface area contributed by atoms with Crippen LogP contribution < -0.4 is 10.6 Å². The highest BCUT2D eigenvalue weighted by Gasteiger charge is 2.30. The van der Waals surface area contributed by atoms with Crippen LogP contribution in [0.15, 0.2) is 6.07 Å². The van der Waals surface area contributed by atoms with Crippen molar-refractivity contribution in [1.82, 2.24) is 9.97 Å². The Kier molecular flexibility index (Phi) is 4.24. The maximum atomic E-state index is 10.3. The van der Waals surface area contributed by atoms with E-state index >= 15 is 0 Å². The largest absolute Gasteiger partial charge is 0.388 e. The van der Waals surface area contributed by atoms with Gasteiger partial charge in [-0.25, -0.2) is 9.97 Å². The number of aromatic nitrogens is 2. The van der Waals surface area contributed by atoms with Crippen molar-refractivity contribution in [3.05, 3.63) is 11.9 Å². The van der Waals surface area contributed by atoms with Crippen LogP contribution >= 0.6 is 0 Å². The Hall–Kier alpha value is -1.36. The van der Waals surface area contributed by atoms with E-state index in [-0.39, 0.29) is 5.92 Å². The Balaban J connectivity index is 2.08. The number of aliphatic hydroxyl groups is 1. The molecule has 0 aliphatic heterocycles. The molecule has 0 spiro atoms. The zero-order chi connectivity index (χ0) is 13.9. The van der Waals surface area contributed by atoms with Crippen LogP contribution in [0.5, 0.6) is 0 Å². The third kappa shape index (κ3) is 3.56. The van der Waals surface area contributed by atoms with Crippen molar-refractivity contribution in [3.63, 3.8) is 0 Å². The third-order valence-corrected chi connectivity index (χ3v) is 3.65. The van der Waals surface area contributed by atoms with Crippen molar-refractivity contribution in [3.8, 4) is 0 Å². The molecule has 5 heteroatoms. The number of rotatable bonds is 5. The van der Waals surface area contributed by atoms with E-state index in [2.05, 4.69) is 34.4 Å². The van der Waals surface area contributed by atoms with Gasteiger partial charge in [-0.1, -0.05) is 26.7 Å². The van der Waals surface area contributed by atoms with Crippen LogP contribution in [-0.2, 0) is 0 Å². The minimum atomic E-state index is -0.567. The first-order valence-electron chi connectivity index (χ1n) is 7.05. The smallest absolute Gasteiger partial charge is 0.135 e. The second kappa shape index (κ2) is 5.74. The van der Waals surface area contributed by atoms with Gasteiger partial charge in [0.1, 0.15) is 17.5 Å². The molecule has 106 valence electrons. The molecule has 5 nitrogen and oxygen atoms in total. The monoisotopic (exact) mass is 264 g/mol. The maximum Gasteiger partial charge on any atom is 0.135 e. The minimum Gasteiger partial charge on any atom is -0.388 e. The standard InChI is InChI=1S/C14H24N4O/c1-10(2)13-17-11(15-3)8-12(18-13)16-9-14(19)6-4-5-7-14/h8,10,19H,4-7,9H2,1-3H3,(H2,15,16,17,18). The summed E-state index contributed by atoms with van der Waals surface area (Å²) in [5.74, 6) is 2.68. The normalized spacial score (nSPS) is 17.7. The van der Waals surface area contributed by atoms with E-state index < -0.39 is 5.60 Å². The van der Waals surface area contributed by atoms with E-state index in [0.717, 1.165) is 43.1 Å². The molecule has 0 unspecified atom stereocenters. The molecule has 2 rings (SSSR count). The number of nitrogens with zero attached hydrogens (tertiary/aromatic N) is 2. The number of hydrogen-bond acceptors (Lipinski definition) is 5. The summed E-state index contributed by atoms with van der Waals surface area (Å²) in [5.41, 5.74) is -0.567. The highest BCUT2D eigenvalue weighted by molar-refractivity contribution is 5.47. The summed E-state index contributed by atoms with van der Waals surface area (Å²) in [4.78, 5) is 8.92. The van der Waals surface area contributed by atoms with Crippen LogP contribution in [-0.4, -0.2) is 34.3 Å². The van der Waals surface area contributed by atoms with Crippen LogP contribution in [0.1, 0.15) is 51.3 Å². The van der Waals surface area contributed by atoms with E-state index in [0.29, 0.717) is 6.54 Å². The molecule has 1 aliphatic rings. The second-order valence-electron chi connectivity index (χ2n) is 5.69. The molecule has 1 fully saturated rings. The zero-order valence-electron chi connectivity index (χ0n) is 12.0. The molecule has 0 saturated heterocycles. The molecule has 0 radical (unpaired) electrons. The van der Waals surface area contributed by atoms with Gasteiger partial charge in [0.2, 0.25) is 0 Å². The van der Waals surface area contributed by atoms with Gasteiger partial charge >= 0.3 is 0 Å². The van der Waals surface area contributed by atoms with Crippen molar-refractivity contribution in [2.45, 2.75) is 51.0 Å². The first-order valence-corrected chi connectivity index (χ1v) is 7.05. The Morgan fingerprint density at radius 3 is 2.47 bits per heavy atom. The quantitative estimate of drug-likeness (QED) is 0.761. The van der Waals surface area contributed by atoms with Crippen molar-refractivity contribution < 1.29 is 5.11 Å². The molecule has 1 aliphatic carbocycles. The Labute approximate surface area is 114 Å². The van der Waals surface area contributed by atoms with Crippen LogP contribution in [0, 0.1) is 0 Å². The molecule has 1 aromatic heterocycles. The maximum absolute atomic E-state index is 10.3. The number of anilines is 2. The van der Waals surface area contributed by atoms with Crippen LogP contribution in [0.3, 0.4) is 0 Å². The molecule has 0 atom stereocenters. The van der Waals surface area contributed by atoms with Gasteiger partial charge in [-0.2, -0.15) is 0 Å². The summed E-state index contributed by atoms with van der Waals surface area (Å²) in [5, 5.41) is 16.6. The second-order valence-corrected chi connectivity index (χ2v) is 5.69. The van der Waals surface area contributed by atoms with Crippen LogP contribution in [0.25, 0.3) is 0 Å². The van der Waals surface area contributed by atoms with Gasteiger partial charge in [-0.3, -0.25) is 0 Å². The zero-order valence-corrected chi connectivity index (χ0v) is 12.0. The SMILES string of the molecule is CNc1cc(NCC2(O)CCCC2)nc(C(C)C)n1. The summed E-state index contributed by atoms with van der Waals surface area (Å²) in [6.45, 7) is 4.71. The molecule has 0 amide bonds. The lowest BCUT2D eigenvalue weighted by Gasteiger charge is -2.23. The summed E-state index contributed by atoms with van der Waals surface area (Å²) in [6.07, 6.45) is 3.98. The molecule has 1 heterocycles. The molecule has 3 N–H and O–H groups in total. The van der Waals surface area contributed by atoms with Crippen molar-refractivity contribution in [2.24, 2.45) is 0 Å². The fourth-order valence-corrected chi connectivity index (χ4v) is 2.41. The van der Waals surface area contributed by atoms with Crippen molar-refractivity contribution >= 4 is 11.6 Å². The summed E-state index contributed by atoms with van der Waals surface area (Å²) in [7, 11) is 1.85. The summed E-state index contributed by atoms with van der Waals surface area (Å²) >= 11 is 0. The van der Waals surface area contributed by atoms with Gasteiger partial charge in [-0.15, -0.1) is 0 Å². The molecule has 19 heavy (non-hydrogen) atoms. The van der Waals surface area contributed by atoms with E-state index in [1.807, 2.05) is 13.1 Å². The summed E-state index contributed by atoms with van der Waals surface area (Å²) < 4.78 is 0. The molecule has 0 aromatic carbocycles. The predicted molar refractivity (Wildman–Crippen MR) is 77.6 cm³/mol. The average Bonchev–Trinajstić information content (AvgIpc) is 2.83. The van der Waals surface area contributed by atoms with Crippen molar-refractivity contribution in [1.29, 1.82) is 0 Å². The van der Waals surface area contributed by atoms with Gasteiger partial charge in [-0.05, 0) is 12.8 Å². The highest BCUT2D eigenvalue weighted by atomic mass is 16.3. The lowest BCUT2D eigenvalue weighted by Crippen LogP contribution is -2.33. The molecule has 0 bridgehead atoms. The van der Waals surface area contributed by atoms with E-state index in [1.54, 1.807) is 0 Å². The summed E-state index contributed by atoms with van der Waals surface area (Å²) in [6, 6.07) is 1.88.